The number of hydrogen-bond acceptors (Lipinski definition) is 6. The molecule has 0 aliphatic carbocycles. The predicted octanol–water partition coefficient (Wildman–Crippen LogP) is 2.53. The number of halogens is 1. The van der Waals surface area contributed by atoms with Gasteiger partial charge in [0.25, 0.3) is 0 Å². The van der Waals surface area contributed by atoms with E-state index in [0.717, 1.165) is 24.3 Å². The predicted molar refractivity (Wildman–Crippen MR) is 82.6 cm³/mol. The number of aromatic hydroxyl groups is 2. The summed E-state index contributed by atoms with van der Waals surface area (Å²) in [5, 5.41) is 19.3. The fourth-order valence-electron chi connectivity index (χ4n) is 2.19. The number of fused-ring (bicyclic) bond motifs is 1. The summed E-state index contributed by atoms with van der Waals surface area (Å²) in [7, 11) is 0. The highest BCUT2D eigenvalue weighted by Crippen LogP contribution is 2.40. The molecule has 124 valence electrons. The van der Waals surface area contributed by atoms with E-state index in [1.165, 1.54) is 12.1 Å². The van der Waals surface area contributed by atoms with Crippen LogP contribution in [0.15, 0.2) is 45.6 Å². The van der Waals surface area contributed by atoms with Gasteiger partial charge in [-0.3, -0.25) is 9.35 Å². The first-order valence-corrected chi connectivity index (χ1v) is 7.48. The summed E-state index contributed by atoms with van der Waals surface area (Å²) < 4.78 is 42.8. The van der Waals surface area contributed by atoms with Gasteiger partial charge in [-0.25, -0.2) is 4.39 Å². The van der Waals surface area contributed by atoms with Crippen molar-refractivity contribution < 1.29 is 32.0 Å². The highest BCUT2D eigenvalue weighted by atomic mass is 32.2. The molecule has 0 radical (unpaired) electrons. The van der Waals surface area contributed by atoms with E-state index in [9.17, 15) is 23.6 Å². The van der Waals surface area contributed by atoms with Crippen LogP contribution in [0.25, 0.3) is 22.3 Å². The van der Waals surface area contributed by atoms with Gasteiger partial charge in [0.1, 0.15) is 22.7 Å². The van der Waals surface area contributed by atoms with E-state index in [0.29, 0.717) is 5.56 Å². The van der Waals surface area contributed by atoms with Crippen molar-refractivity contribution in [1.82, 2.24) is 0 Å². The summed E-state index contributed by atoms with van der Waals surface area (Å²) in [6.45, 7) is 0. The lowest BCUT2D eigenvalue weighted by Crippen LogP contribution is -2.04. The van der Waals surface area contributed by atoms with Crippen molar-refractivity contribution in [2.75, 3.05) is 0 Å². The maximum Gasteiger partial charge on any atom is 0.357 e. The Labute approximate surface area is 136 Å². The van der Waals surface area contributed by atoms with Gasteiger partial charge in [-0.2, -0.15) is 4.21 Å². The maximum atomic E-state index is 13.0. The van der Waals surface area contributed by atoms with Crippen LogP contribution >= 0.6 is 0 Å². The zero-order valence-corrected chi connectivity index (χ0v) is 12.5. The molecule has 0 aliphatic heterocycles. The Morgan fingerprint density at radius 3 is 2.38 bits per heavy atom. The largest absolute Gasteiger partial charge is 0.507 e. The second kappa shape index (κ2) is 5.95. The smallest absolute Gasteiger partial charge is 0.357 e. The van der Waals surface area contributed by atoms with Gasteiger partial charge in [-0.15, -0.1) is 0 Å². The van der Waals surface area contributed by atoms with Crippen LogP contribution in [0.1, 0.15) is 0 Å². The topological polar surface area (TPSA) is 117 Å². The standard InChI is InChI=1S/C15H9FO7S/c16-8-3-1-7(2-4-8)12-6-10(18)13-9(17)5-11(19)14(15(13)22-12)23-24(20)21/h1-6,17,19H,(H,20,21). The lowest BCUT2D eigenvalue weighted by atomic mass is 10.1. The molecular weight excluding hydrogens is 343 g/mol. The fourth-order valence-corrected chi connectivity index (χ4v) is 2.49. The van der Waals surface area contributed by atoms with E-state index in [-0.39, 0.29) is 11.1 Å². The third kappa shape index (κ3) is 2.82. The first-order valence-electron chi connectivity index (χ1n) is 6.44. The van der Waals surface area contributed by atoms with Gasteiger partial charge < -0.3 is 18.8 Å². The van der Waals surface area contributed by atoms with Gasteiger partial charge >= 0.3 is 11.4 Å². The minimum Gasteiger partial charge on any atom is -0.507 e. The highest BCUT2D eigenvalue weighted by molar-refractivity contribution is 7.74. The lowest BCUT2D eigenvalue weighted by Gasteiger charge is -2.09. The molecule has 3 N–H and O–H groups in total. The minimum absolute atomic E-state index is 0.00827. The first-order chi connectivity index (χ1) is 11.4. The summed E-state index contributed by atoms with van der Waals surface area (Å²) in [5.41, 5.74) is -0.752. The number of benzene rings is 2. The third-order valence-electron chi connectivity index (χ3n) is 3.20. The zero-order chi connectivity index (χ0) is 17.4. The molecule has 0 amide bonds. The van der Waals surface area contributed by atoms with Crippen molar-refractivity contribution in [2.24, 2.45) is 0 Å². The fraction of sp³-hybridized carbons (Fsp3) is 0. The molecule has 0 bridgehead atoms. The molecular formula is C15H9FO7S. The van der Waals surface area contributed by atoms with Crippen LogP contribution in [-0.4, -0.2) is 19.0 Å². The Balaban J connectivity index is 2.34. The normalized spacial score (nSPS) is 12.2. The van der Waals surface area contributed by atoms with E-state index in [1.54, 1.807) is 0 Å². The number of phenols is 2. The Morgan fingerprint density at radius 1 is 1.08 bits per heavy atom. The molecule has 1 unspecified atom stereocenters. The van der Waals surface area contributed by atoms with Crippen molar-refractivity contribution in [3.05, 3.63) is 52.4 Å². The molecule has 0 saturated heterocycles. The second-order valence-corrected chi connectivity index (χ2v) is 5.33. The van der Waals surface area contributed by atoms with Crippen molar-refractivity contribution in [1.29, 1.82) is 0 Å². The van der Waals surface area contributed by atoms with E-state index in [4.69, 9.17) is 8.97 Å². The summed E-state index contributed by atoms with van der Waals surface area (Å²) in [6, 6.07) is 6.87. The quantitative estimate of drug-likeness (QED) is 0.620. The van der Waals surface area contributed by atoms with Crippen LogP contribution in [0.3, 0.4) is 0 Å². The molecule has 7 nitrogen and oxygen atoms in total. The number of rotatable bonds is 3. The molecule has 0 saturated carbocycles. The average Bonchev–Trinajstić information content (AvgIpc) is 2.51. The molecule has 1 aromatic heterocycles. The minimum atomic E-state index is -2.80. The van der Waals surface area contributed by atoms with Crippen LogP contribution in [0.5, 0.6) is 17.2 Å². The zero-order valence-electron chi connectivity index (χ0n) is 11.7. The van der Waals surface area contributed by atoms with E-state index >= 15 is 0 Å². The highest BCUT2D eigenvalue weighted by Gasteiger charge is 2.21. The molecule has 3 rings (SSSR count). The van der Waals surface area contributed by atoms with Crippen molar-refractivity contribution in [3.63, 3.8) is 0 Å². The SMILES string of the molecule is O=c1cc(-c2ccc(F)cc2)oc2c(OS(=O)O)c(O)cc(O)c12. The van der Waals surface area contributed by atoms with Crippen molar-refractivity contribution in [3.8, 4) is 28.6 Å². The molecule has 3 aromatic rings. The Kier molecular flexibility index (Phi) is 3.96. The molecule has 0 fully saturated rings. The van der Waals surface area contributed by atoms with Gasteiger partial charge in [0, 0.05) is 17.7 Å². The average molecular weight is 352 g/mol. The maximum absolute atomic E-state index is 13.0. The summed E-state index contributed by atoms with van der Waals surface area (Å²) in [4.78, 5) is 12.2. The van der Waals surface area contributed by atoms with Crippen LogP contribution < -0.4 is 9.61 Å². The molecule has 0 aliphatic rings. The summed E-state index contributed by atoms with van der Waals surface area (Å²) in [5.74, 6) is -2.35. The molecule has 9 heteroatoms. The van der Waals surface area contributed by atoms with E-state index in [2.05, 4.69) is 4.18 Å². The molecule has 1 atom stereocenters. The van der Waals surface area contributed by atoms with Gasteiger partial charge in [-0.1, -0.05) is 0 Å². The Bertz CT molecular complexity index is 1010. The monoisotopic (exact) mass is 352 g/mol. The molecule has 0 spiro atoms. The van der Waals surface area contributed by atoms with E-state index in [1.807, 2.05) is 0 Å². The first kappa shape index (κ1) is 16.0. The lowest BCUT2D eigenvalue weighted by molar-refractivity contribution is 0.408. The van der Waals surface area contributed by atoms with Gasteiger partial charge in [-0.05, 0) is 24.3 Å². The van der Waals surface area contributed by atoms with Crippen LogP contribution in [0.2, 0.25) is 0 Å². The molecule has 24 heavy (non-hydrogen) atoms. The van der Waals surface area contributed by atoms with Gasteiger partial charge in [0.15, 0.2) is 16.8 Å². The third-order valence-corrected chi connectivity index (χ3v) is 3.51. The van der Waals surface area contributed by atoms with Crippen LogP contribution in [0.4, 0.5) is 4.39 Å². The van der Waals surface area contributed by atoms with Gasteiger partial charge in [0.05, 0.1) is 0 Å². The number of phenolic OH excluding ortho intramolecular Hbond substituents is 2. The number of hydrogen-bond donors (Lipinski definition) is 3. The molecule has 1 heterocycles. The van der Waals surface area contributed by atoms with Crippen LogP contribution in [-0.2, 0) is 11.4 Å². The van der Waals surface area contributed by atoms with Crippen molar-refractivity contribution >= 4 is 22.3 Å². The van der Waals surface area contributed by atoms with Crippen LogP contribution in [0, 0.1) is 5.82 Å². The summed E-state index contributed by atoms with van der Waals surface area (Å²) >= 11 is -2.80. The Hall–Kier alpha value is -2.91. The summed E-state index contributed by atoms with van der Waals surface area (Å²) in [6.07, 6.45) is 0. The van der Waals surface area contributed by atoms with E-state index < -0.39 is 45.4 Å². The molecule has 2 aromatic carbocycles. The Morgan fingerprint density at radius 2 is 1.75 bits per heavy atom. The van der Waals surface area contributed by atoms with Gasteiger partial charge in [0.2, 0.25) is 5.75 Å². The van der Waals surface area contributed by atoms with Crippen molar-refractivity contribution in [2.45, 2.75) is 0 Å². The second-order valence-electron chi connectivity index (χ2n) is 4.73.